The Bertz CT molecular complexity index is 1150. The third kappa shape index (κ3) is 5.07. The second kappa shape index (κ2) is 8.71. The molecule has 0 aliphatic carbocycles. The lowest BCUT2D eigenvalue weighted by Gasteiger charge is -2.24. The molecule has 158 valence electrons. The van der Waals surface area contributed by atoms with Crippen molar-refractivity contribution in [1.82, 2.24) is 14.9 Å². The van der Waals surface area contributed by atoms with E-state index in [0.29, 0.717) is 12.2 Å². The van der Waals surface area contributed by atoms with E-state index in [2.05, 4.69) is 10.3 Å². The molecule has 0 bridgehead atoms. The summed E-state index contributed by atoms with van der Waals surface area (Å²) in [6.07, 6.45) is 4.74. The van der Waals surface area contributed by atoms with Gasteiger partial charge in [-0.2, -0.15) is 0 Å². The number of benzene rings is 2. The summed E-state index contributed by atoms with van der Waals surface area (Å²) >= 11 is 0. The minimum absolute atomic E-state index is 0.268. The van der Waals surface area contributed by atoms with Gasteiger partial charge in [-0.15, -0.1) is 0 Å². The zero-order valence-electron chi connectivity index (χ0n) is 17.6. The quantitative estimate of drug-likeness (QED) is 0.630. The number of rotatable bonds is 7. The topological polar surface area (TPSA) is 84.3 Å². The van der Waals surface area contributed by atoms with Gasteiger partial charge in [0, 0.05) is 24.6 Å². The molecule has 0 aliphatic rings. The van der Waals surface area contributed by atoms with Gasteiger partial charge in [0.2, 0.25) is 15.9 Å². The highest BCUT2D eigenvalue weighted by atomic mass is 32.2. The van der Waals surface area contributed by atoms with Crippen LogP contribution in [0.1, 0.15) is 22.5 Å². The summed E-state index contributed by atoms with van der Waals surface area (Å²) in [5.41, 5.74) is 4.15. The highest BCUT2D eigenvalue weighted by Crippen LogP contribution is 2.23. The predicted molar refractivity (Wildman–Crippen MR) is 118 cm³/mol. The van der Waals surface area contributed by atoms with Crippen molar-refractivity contribution in [2.75, 3.05) is 17.1 Å². The third-order valence-electron chi connectivity index (χ3n) is 4.85. The number of amides is 1. The number of aryl methyl sites for hydroxylation is 3. The van der Waals surface area contributed by atoms with Crippen LogP contribution in [0.4, 0.5) is 5.69 Å². The first-order chi connectivity index (χ1) is 14.1. The molecule has 3 aromatic rings. The Balaban J connectivity index is 1.68. The predicted octanol–water partition coefficient (Wildman–Crippen LogP) is 2.88. The van der Waals surface area contributed by atoms with Crippen molar-refractivity contribution in [2.24, 2.45) is 0 Å². The number of anilines is 1. The van der Waals surface area contributed by atoms with E-state index >= 15 is 0 Å². The van der Waals surface area contributed by atoms with Crippen LogP contribution in [0.25, 0.3) is 5.69 Å². The third-order valence-corrected chi connectivity index (χ3v) is 5.98. The number of carbonyl (C=O) groups excluding carboxylic acids is 1. The maximum absolute atomic E-state index is 12.5. The summed E-state index contributed by atoms with van der Waals surface area (Å²) in [6, 6.07) is 13.3. The van der Waals surface area contributed by atoms with Gasteiger partial charge in [-0.3, -0.25) is 9.10 Å². The van der Waals surface area contributed by atoms with Gasteiger partial charge in [0.25, 0.3) is 0 Å². The molecule has 0 fully saturated rings. The molecule has 8 heteroatoms. The Hall–Kier alpha value is -3.13. The summed E-state index contributed by atoms with van der Waals surface area (Å²) < 4.78 is 27.8. The van der Waals surface area contributed by atoms with Gasteiger partial charge >= 0.3 is 0 Å². The van der Waals surface area contributed by atoms with Crippen LogP contribution in [0.2, 0.25) is 0 Å². The number of hydrogen-bond donors (Lipinski definition) is 1. The molecule has 0 atom stereocenters. The highest BCUT2D eigenvalue weighted by Gasteiger charge is 2.22. The standard InChI is InChI=1S/C22H26N4O3S/c1-16-5-6-17(2)21(13-16)26(30(4,28)29)15-22(27)24-14-19-7-9-20(10-8-19)25-12-11-23-18(25)3/h5-13H,14-15H2,1-4H3,(H,24,27). The Morgan fingerprint density at radius 2 is 1.80 bits per heavy atom. The SMILES string of the molecule is Cc1ccc(C)c(N(CC(=O)NCc2ccc(-n3ccnc3C)cc2)S(C)(=O)=O)c1. The number of carbonyl (C=O) groups is 1. The fraction of sp³-hybridized carbons (Fsp3) is 0.273. The van der Waals surface area contributed by atoms with Crippen LogP contribution in [0.15, 0.2) is 54.9 Å². The minimum Gasteiger partial charge on any atom is -0.350 e. The maximum atomic E-state index is 12.5. The van der Waals surface area contributed by atoms with Crippen molar-refractivity contribution >= 4 is 21.6 Å². The first-order valence-electron chi connectivity index (χ1n) is 9.56. The van der Waals surface area contributed by atoms with Crippen LogP contribution < -0.4 is 9.62 Å². The average Bonchev–Trinajstić information content (AvgIpc) is 3.12. The number of nitrogens with one attached hydrogen (secondary N) is 1. The lowest BCUT2D eigenvalue weighted by Crippen LogP contribution is -2.40. The van der Waals surface area contributed by atoms with E-state index in [1.54, 1.807) is 12.3 Å². The lowest BCUT2D eigenvalue weighted by molar-refractivity contribution is -0.119. The van der Waals surface area contributed by atoms with E-state index < -0.39 is 10.0 Å². The van der Waals surface area contributed by atoms with Crippen LogP contribution in [-0.4, -0.2) is 36.7 Å². The molecule has 3 rings (SSSR count). The van der Waals surface area contributed by atoms with E-state index in [0.717, 1.165) is 38.8 Å². The second-order valence-electron chi connectivity index (χ2n) is 7.35. The molecule has 0 unspecified atom stereocenters. The van der Waals surface area contributed by atoms with Crippen molar-refractivity contribution in [1.29, 1.82) is 0 Å². The number of imidazole rings is 1. The molecular formula is C22H26N4O3S. The molecule has 1 aromatic heterocycles. The molecule has 0 aliphatic heterocycles. The van der Waals surface area contributed by atoms with Gasteiger partial charge in [-0.1, -0.05) is 24.3 Å². The number of nitrogens with zero attached hydrogens (tertiary/aromatic N) is 3. The Morgan fingerprint density at radius 3 is 2.40 bits per heavy atom. The molecule has 0 spiro atoms. The fourth-order valence-corrected chi connectivity index (χ4v) is 4.09. The molecule has 0 saturated carbocycles. The molecule has 30 heavy (non-hydrogen) atoms. The molecule has 1 heterocycles. The Labute approximate surface area is 177 Å². The van der Waals surface area contributed by atoms with E-state index in [9.17, 15) is 13.2 Å². The van der Waals surface area contributed by atoms with Gasteiger partial charge in [0.1, 0.15) is 12.4 Å². The van der Waals surface area contributed by atoms with E-state index in [1.165, 1.54) is 0 Å². The van der Waals surface area contributed by atoms with Gasteiger partial charge < -0.3 is 9.88 Å². The molecule has 2 aromatic carbocycles. The van der Waals surface area contributed by atoms with Crippen LogP contribution >= 0.6 is 0 Å². The smallest absolute Gasteiger partial charge is 0.241 e. The fourth-order valence-electron chi connectivity index (χ4n) is 3.18. The second-order valence-corrected chi connectivity index (χ2v) is 9.25. The van der Waals surface area contributed by atoms with Crippen molar-refractivity contribution in [3.8, 4) is 5.69 Å². The van der Waals surface area contributed by atoms with Crippen molar-refractivity contribution in [3.05, 3.63) is 77.4 Å². The van der Waals surface area contributed by atoms with Crippen molar-refractivity contribution in [2.45, 2.75) is 27.3 Å². The van der Waals surface area contributed by atoms with Crippen molar-refractivity contribution < 1.29 is 13.2 Å². The molecule has 1 N–H and O–H groups in total. The van der Waals surface area contributed by atoms with E-state index in [1.807, 2.05) is 67.9 Å². The zero-order valence-corrected chi connectivity index (χ0v) is 18.4. The van der Waals surface area contributed by atoms with Gasteiger partial charge in [-0.25, -0.2) is 13.4 Å². The Morgan fingerprint density at radius 1 is 1.10 bits per heavy atom. The monoisotopic (exact) mass is 426 g/mol. The van der Waals surface area contributed by atoms with Gasteiger partial charge in [0.15, 0.2) is 0 Å². The summed E-state index contributed by atoms with van der Waals surface area (Å²) in [7, 11) is -3.61. The maximum Gasteiger partial charge on any atom is 0.241 e. The molecule has 1 amide bonds. The van der Waals surface area contributed by atoms with Crippen LogP contribution in [0.3, 0.4) is 0 Å². The Kier molecular flexibility index (Phi) is 6.26. The molecule has 0 saturated heterocycles. The minimum atomic E-state index is -3.61. The first-order valence-corrected chi connectivity index (χ1v) is 11.4. The summed E-state index contributed by atoms with van der Waals surface area (Å²) in [5, 5.41) is 2.81. The summed E-state index contributed by atoms with van der Waals surface area (Å²) in [6.45, 7) is 5.69. The number of hydrogen-bond acceptors (Lipinski definition) is 4. The van der Waals surface area contributed by atoms with E-state index in [-0.39, 0.29) is 12.5 Å². The normalized spacial score (nSPS) is 11.3. The van der Waals surface area contributed by atoms with Crippen LogP contribution in [-0.2, 0) is 21.4 Å². The largest absolute Gasteiger partial charge is 0.350 e. The molecule has 7 nitrogen and oxygen atoms in total. The first kappa shape index (κ1) is 21.6. The number of aromatic nitrogens is 2. The van der Waals surface area contributed by atoms with Crippen molar-refractivity contribution in [3.63, 3.8) is 0 Å². The lowest BCUT2D eigenvalue weighted by atomic mass is 10.1. The van der Waals surface area contributed by atoms with Crippen LogP contribution in [0.5, 0.6) is 0 Å². The van der Waals surface area contributed by atoms with E-state index in [4.69, 9.17) is 0 Å². The summed E-state index contributed by atoms with van der Waals surface area (Å²) in [5.74, 6) is 0.527. The van der Waals surface area contributed by atoms with Crippen LogP contribution in [0, 0.1) is 20.8 Å². The van der Waals surface area contributed by atoms with Gasteiger partial charge in [0.05, 0.1) is 11.9 Å². The zero-order chi connectivity index (χ0) is 21.9. The summed E-state index contributed by atoms with van der Waals surface area (Å²) in [4.78, 5) is 16.7. The number of sulfonamides is 1. The highest BCUT2D eigenvalue weighted by molar-refractivity contribution is 7.92. The molecule has 0 radical (unpaired) electrons. The molecular weight excluding hydrogens is 400 g/mol. The van der Waals surface area contributed by atoms with Gasteiger partial charge in [-0.05, 0) is 55.7 Å². The average molecular weight is 427 g/mol.